The summed E-state index contributed by atoms with van der Waals surface area (Å²) in [5.74, 6) is 0.913. The normalized spacial score (nSPS) is 11.7. The molecule has 0 aliphatic rings. The van der Waals surface area contributed by atoms with E-state index in [1.807, 2.05) is 24.3 Å². The van der Waals surface area contributed by atoms with E-state index in [4.69, 9.17) is 13.6 Å². The van der Waals surface area contributed by atoms with Crippen LogP contribution < -0.4 is 9.47 Å². The van der Waals surface area contributed by atoms with E-state index in [0.717, 1.165) is 42.0 Å². The number of rotatable bonds is 14. The molecule has 0 aromatic heterocycles. The molecule has 39 heavy (non-hydrogen) atoms. The maximum Gasteiger partial charge on any atom is 0.343 e. The molecule has 5 nitrogen and oxygen atoms in total. The lowest BCUT2D eigenvalue weighted by Crippen LogP contribution is -2.53. The SMILES string of the molecule is CC[Si](CC)(Cc1ccc(OC)cc1)O[Si](CC)(CC)Cc1ccc(OC(=O)c2ccc(C(C)=O)cc2)cc1. The van der Waals surface area contributed by atoms with Crippen LogP contribution in [0.4, 0.5) is 0 Å². The van der Waals surface area contributed by atoms with E-state index < -0.39 is 22.6 Å². The van der Waals surface area contributed by atoms with Crippen molar-refractivity contribution in [3.8, 4) is 11.5 Å². The van der Waals surface area contributed by atoms with Gasteiger partial charge in [0.25, 0.3) is 0 Å². The van der Waals surface area contributed by atoms with Crippen LogP contribution in [0.1, 0.15) is 66.5 Å². The van der Waals surface area contributed by atoms with E-state index in [-0.39, 0.29) is 5.78 Å². The third kappa shape index (κ3) is 8.00. The maximum atomic E-state index is 12.6. The highest BCUT2D eigenvalue weighted by atomic mass is 28.4. The summed E-state index contributed by atoms with van der Waals surface area (Å²) in [5.41, 5.74) is 3.52. The highest BCUT2D eigenvalue weighted by Gasteiger charge is 2.42. The summed E-state index contributed by atoms with van der Waals surface area (Å²) in [6.07, 6.45) is 0. The molecule has 0 amide bonds. The molecule has 0 heterocycles. The molecule has 7 heteroatoms. The molecule has 0 radical (unpaired) electrons. The first kappa shape index (κ1) is 30.5. The minimum absolute atomic E-state index is 0.0354. The van der Waals surface area contributed by atoms with Gasteiger partial charge in [0.15, 0.2) is 22.4 Å². The first-order chi connectivity index (χ1) is 18.7. The third-order valence-corrected chi connectivity index (χ3v) is 18.6. The summed E-state index contributed by atoms with van der Waals surface area (Å²) < 4.78 is 18.3. The number of ether oxygens (including phenoxy) is 2. The third-order valence-electron chi connectivity index (χ3n) is 7.88. The molecule has 0 fully saturated rings. The molecule has 0 saturated carbocycles. The molecule has 3 aromatic carbocycles. The van der Waals surface area contributed by atoms with E-state index in [1.165, 1.54) is 18.1 Å². The second-order valence-corrected chi connectivity index (χ2v) is 19.3. The monoisotopic (exact) mass is 562 g/mol. The van der Waals surface area contributed by atoms with Gasteiger partial charge in [-0.3, -0.25) is 4.79 Å². The van der Waals surface area contributed by atoms with Crippen LogP contribution in [0.3, 0.4) is 0 Å². The van der Waals surface area contributed by atoms with E-state index in [0.29, 0.717) is 16.9 Å². The Bertz CT molecular complexity index is 1210. The molecule has 0 bridgehead atoms. The van der Waals surface area contributed by atoms with Gasteiger partial charge >= 0.3 is 5.97 Å². The fourth-order valence-electron chi connectivity index (χ4n) is 4.99. The Morgan fingerprint density at radius 3 is 1.41 bits per heavy atom. The van der Waals surface area contributed by atoms with Crippen LogP contribution in [0.25, 0.3) is 0 Å². The number of carbonyl (C=O) groups is 2. The van der Waals surface area contributed by atoms with Gasteiger partial charge in [-0.1, -0.05) is 64.1 Å². The van der Waals surface area contributed by atoms with E-state index >= 15 is 0 Å². The van der Waals surface area contributed by atoms with Crippen molar-refractivity contribution in [1.82, 2.24) is 0 Å². The van der Waals surface area contributed by atoms with Crippen molar-refractivity contribution in [2.24, 2.45) is 0 Å². The fourth-order valence-corrected chi connectivity index (χ4v) is 15.5. The molecule has 0 aliphatic carbocycles. The second kappa shape index (κ2) is 13.9. The van der Waals surface area contributed by atoms with Crippen molar-refractivity contribution in [3.63, 3.8) is 0 Å². The van der Waals surface area contributed by atoms with Gasteiger partial charge in [-0.05, 0) is 90.7 Å². The summed E-state index contributed by atoms with van der Waals surface area (Å²) in [5, 5.41) is 0. The number of hydrogen-bond acceptors (Lipinski definition) is 5. The zero-order valence-corrected chi connectivity index (χ0v) is 26.2. The zero-order valence-electron chi connectivity index (χ0n) is 24.2. The van der Waals surface area contributed by atoms with E-state index in [2.05, 4.69) is 52.0 Å². The Labute approximate surface area is 235 Å². The van der Waals surface area contributed by atoms with Crippen LogP contribution in [0.5, 0.6) is 11.5 Å². The number of ketones is 1. The number of carbonyl (C=O) groups excluding carboxylic acids is 2. The smallest absolute Gasteiger partial charge is 0.343 e. The van der Waals surface area contributed by atoms with Crippen LogP contribution in [0.2, 0.25) is 24.2 Å². The van der Waals surface area contributed by atoms with Crippen molar-refractivity contribution in [1.29, 1.82) is 0 Å². The second-order valence-electron chi connectivity index (χ2n) is 10.3. The lowest BCUT2D eigenvalue weighted by molar-refractivity contribution is 0.0734. The molecule has 0 spiro atoms. The predicted octanol–water partition coefficient (Wildman–Crippen LogP) is 7.97. The minimum atomic E-state index is -2.05. The number of esters is 1. The predicted molar refractivity (Wildman–Crippen MR) is 163 cm³/mol. The molecule has 0 unspecified atom stereocenters. The minimum Gasteiger partial charge on any atom is -0.497 e. The van der Waals surface area contributed by atoms with Crippen LogP contribution >= 0.6 is 0 Å². The van der Waals surface area contributed by atoms with Crippen molar-refractivity contribution in [3.05, 3.63) is 95.1 Å². The van der Waals surface area contributed by atoms with Gasteiger partial charge in [0.05, 0.1) is 12.7 Å². The number of hydrogen-bond donors (Lipinski definition) is 0. The van der Waals surface area contributed by atoms with Crippen molar-refractivity contribution in [2.45, 2.75) is 70.9 Å². The number of benzene rings is 3. The summed E-state index contributed by atoms with van der Waals surface area (Å²) in [4.78, 5) is 24.1. The average molecular weight is 563 g/mol. The fraction of sp³-hybridized carbons (Fsp3) is 0.375. The largest absolute Gasteiger partial charge is 0.497 e. The van der Waals surface area contributed by atoms with Crippen molar-refractivity contribution < 1.29 is 23.2 Å². The van der Waals surface area contributed by atoms with Gasteiger partial charge in [0, 0.05) is 5.56 Å². The number of methoxy groups -OCH3 is 1. The molecule has 3 rings (SSSR count). The lowest BCUT2D eigenvalue weighted by Gasteiger charge is -2.41. The molecular weight excluding hydrogens is 521 g/mol. The summed E-state index contributed by atoms with van der Waals surface area (Å²) in [6.45, 7) is 10.6. The molecule has 0 saturated heterocycles. The van der Waals surface area contributed by atoms with E-state index in [9.17, 15) is 9.59 Å². The quantitative estimate of drug-likeness (QED) is 0.0863. The van der Waals surface area contributed by atoms with Gasteiger partial charge in [-0.15, -0.1) is 0 Å². The van der Waals surface area contributed by atoms with Crippen LogP contribution in [-0.2, 0) is 16.2 Å². The Morgan fingerprint density at radius 1 is 0.615 bits per heavy atom. The Hall–Kier alpha value is -3.01. The first-order valence-corrected chi connectivity index (χ1v) is 19.0. The standard InChI is InChI=1S/C32H42O5Si2/c1-7-38(8-2,23-26-11-19-30(35-6)20-12-26)37-39(9-3,10-4)24-27-13-21-31(22-14-27)36-32(34)29-17-15-28(16-18-29)25(5)33/h11-22H,7-10,23-24H2,1-6H3. The van der Waals surface area contributed by atoms with Gasteiger partial charge in [-0.25, -0.2) is 4.79 Å². The first-order valence-electron chi connectivity index (χ1n) is 14.0. The Morgan fingerprint density at radius 2 is 1.03 bits per heavy atom. The molecule has 0 atom stereocenters. The molecule has 3 aromatic rings. The van der Waals surface area contributed by atoms with Gasteiger partial charge in [0.2, 0.25) is 0 Å². The van der Waals surface area contributed by atoms with Gasteiger partial charge in [0.1, 0.15) is 11.5 Å². The Balaban J connectivity index is 1.72. The van der Waals surface area contributed by atoms with Crippen LogP contribution in [0, 0.1) is 0 Å². The highest BCUT2D eigenvalue weighted by molar-refractivity contribution is 6.86. The van der Waals surface area contributed by atoms with Crippen LogP contribution in [0.15, 0.2) is 72.8 Å². The van der Waals surface area contributed by atoms with Crippen molar-refractivity contribution >= 4 is 28.4 Å². The molecule has 0 aliphatic heterocycles. The average Bonchev–Trinajstić information content (AvgIpc) is 2.97. The van der Waals surface area contributed by atoms with Gasteiger partial charge < -0.3 is 13.6 Å². The summed E-state index contributed by atoms with van der Waals surface area (Å²) in [6, 6.07) is 29.1. The topological polar surface area (TPSA) is 61.8 Å². The van der Waals surface area contributed by atoms with Gasteiger partial charge in [-0.2, -0.15) is 0 Å². The summed E-state index contributed by atoms with van der Waals surface area (Å²) in [7, 11) is -2.34. The lowest BCUT2D eigenvalue weighted by atomic mass is 10.1. The Kier molecular flexibility index (Phi) is 10.9. The zero-order chi connectivity index (χ0) is 28.5. The number of Topliss-reactive ketones (excluding diaryl/α,β-unsaturated/α-hetero) is 1. The van der Waals surface area contributed by atoms with Crippen molar-refractivity contribution in [2.75, 3.05) is 7.11 Å². The summed E-state index contributed by atoms with van der Waals surface area (Å²) >= 11 is 0. The highest BCUT2D eigenvalue weighted by Crippen LogP contribution is 2.33. The molecule has 0 N–H and O–H groups in total. The maximum absolute atomic E-state index is 12.6. The van der Waals surface area contributed by atoms with Crippen LogP contribution in [-0.4, -0.2) is 35.5 Å². The molecular formula is C32H42O5Si2. The molecule has 208 valence electrons. The van der Waals surface area contributed by atoms with E-state index in [1.54, 1.807) is 31.4 Å².